The molecule has 6 rings (SSSR count). The number of cyclic esters (lactones) is 1. The molecule has 2 N–H and O–H groups in total. The first kappa shape index (κ1) is 50.6. The number of fused-ring (bicyclic) bond motifs is 3. The summed E-state index contributed by atoms with van der Waals surface area (Å²) in [5.74, 6) is -1.38. The average molecular weight is 920 g/mol. The number of methoxy groups -OCH3 is 2. The molecule has 4 fully saturated rings. The molecule has 1 aromatic rings. The lowest BCUT2D eigenvalue weighted by atomic mass is 9.79. The van der Waals surface area contributed by atoms with Gasteiger partial charge in [0, 0.05) is 44.4 Å². The van der Waals surface area contributed by atoms with Crippen molar-refractivity contribution in [3.8, 4) is 5.75 Å². The first-order valence-electron chi connectivity index (χ1n) is 23.0. The Morgan fingerprint density at radius 2 is 1.63 bits per heavy atom. The number of aliphatic imine (C=N–C) groups is 1. The van der Waals surface area contributed by atoms with Crippen LogP contribution in [-0.4, -0.2) is 153 Å². The maximum Gasteiger partial charge on any atom is 0.509 e. The SMILES string of the molecule is CC[C@H]1OC(=O)[C@H](C)[C@@H](O[C@H]2C[C@@](C)(OC)[C@@H](OC(=O)NCc3ccc(OC)cc3)[C@H](C)O2)[C@H](C)[C@@H](O[C@@H]2O[C@H](C)C[C@H](N(C)C)[C@H]2O)[C@]2(C)C[C@@H](C)C(=N[C@H](C)[C@H]3OC(=O)O[C@]31C)O2. The largest absolute Gasteiger partial charge is 0.509 e. The fourth-order valence-electron chi connectivity index (χ4n) is 10.5. The van der Waals surface area contributed by atoms with Crippen molar-refractivity contribution in [3.05, 3.63) is 29.8 Å². The van der Waals surface area contributed by atoms with E-state index in [4.69, 9.17) is 57.1 Å². The summed E-state index contributed by atoms with van der Waals surface area (Å²) in [6.07, 6.45) is -8.82. The number of nitrogens with one attached hydrogen (secondary N) is 1. The second-order valence-corrected chi connectivity index (χ2v) is 19.5. The maximum absolute atomic E-state index is 14.7. The number of carbonyl (C=O) groups is 3. The third-order valence-electron chi connectivity index (χ3n) is 14.2. The molecule has 5 heterocycles. The summed E-state index contributed by atoms with van der Waals surface area (Å²) in [7, 11) is 6.93. The fourth-order valence-corrected chi connectivity index (χ4v) is 10.5. The molecule has 65 heavy (non-hydrogen) atoms. The molecule has 0 aliphatic carbocycles. The Bertz CT molecular complexity index is 1850. The molecular weight excluding hydrogens is 847 g/mol. The van der Waals surface area contributed by atoms with E-state index in [9.17, 15) is 19.5 Å². The molecule has 5 aliphatic rings. The van der Waals surface area contributed by atoms with Gasteiger partial charge in [-0.2, -0.15) is 0 Å². The number of ether oxygens (including phenoxy) is 11. The van der Waals surface area contributed by atoms with Gasteiger partial charge in [-0.15, -0.1) is 0 Å². The van der Waals surface area contributed by atoms with E-state index in [0.717, 1.165) is 5.56 Å². The van der Waals surface area contributed by atoms with Crippen molar-refractivity contribution < 1.29 is 71.6 Å². The van der Waals surface area contributed by atoms with Gasteiger partial charge >= 0.3 is 18.2 Å². The minimum Gasteiger partial charge on any atom is -0.497 e. The van der Waals surface area contributed by atoms with Crippen molar-refractivity contribution >= 4 is 24.1 Å². The number of alkyl carbamates (subject to hydrolysis) is 1. The Morgan fingerprint density at radius 1 is 0.938 bits per heavy atom. The van der Waals surface area contributed by atoms with Gasteiger partial charge in [-0.3, -0.25) is 4.79 Å². The maximum atomic E-state index is 14.7. The van der Waals surface area contributed by atoms with Crippen LogP contribution in [0.2, 0.25) is 0 Å². The zero-order chi connectivity index (χ0) is 47.8. The number of likely N-dealkylation sites (N-methyl/N-ethyl adjacent to an activating group) is 1. The van der Waals surface area contributed by atoms with Gasteiger partial charge in [-0.25, -0.2) is 14.6 Å². The van der Waals surface area contributed by atoms with Crippen LogP contribution in [0.1, 0.15) is 100 Å². The van der Waals surface area contributed by atoms with Crippen LogP contribution in [-0.2, 0) is 58.7 Å². The van der Waals surface area contributed by atoms with Crippen molar-refractivity contribution in [1.29, 1.82) is 0 Å². The number of carbonyl (C=O) groups excluding carboxylic acids is 3. The van der Waals surface area contributed by atoms with E-state index < -0.39 is 108 Å². The predicted molar refractivity (Wildman–Crippen MR) is 235 cm³/mol. The van der Waals surface area contributed by atoms with Crippen molar-refractivity contribution in [1.82, 2.24) is 10.2 Å². The summed E-state index contributed by atoms with van der Waals surface area (Å²) >= 11 is 0. The molecule has 18 heteroatoms. The number of amides is 1. The smallest absolute Gasteiger partial charge is 0.497 e. The van der Waals surface area contributed by atoms with Crippen molar-refractivity contribution in [2.75, 3.05) is 28.3 Å². The molecule has 18 atom stereocenters. The predicted octanol–water partition coefficient (Wildman–Crippen LogP) is 5.53. The van der Waals surface area contributed by atoms with Crippen LogP contribution in [0.3, 0.4) is 0 Å². The number of aliphatic hydroxyl groups is 1. The second-order valence-electron chi connectivity index (χ2n) is 19.5. The van der Waals surface area contributed by atoms with Gasteiger partial charge in [0.1, 0.15) is 35.3 Å². The molecule has 0 spiro atoms. The van der Waals surface area contributed by atoms with Gasteiger partial charge < -0.3 is 67.4 Å². The van der Waals surface area contributed by atoms with Gasteiger partial charge in [0.2, 0.25) is 0 Å². The van der Waals surface area contributed by atoms with Crippen molar-refractivity contribution in [2.24, 2.45) is 22.7 Å². The number of benzene rings is 1. The van der Waals surface area contributed by atoms with Crippen LogP contribution >= 0.6 is 0 Å². The van der Waals surface area contributed by atoms with Gasteiger partial charge in [0.25, 0.3) is 0 Å². The quantitative estimate of drug-likeness (QED) is 0.207. The van der Waals surface area contributed by atoms with Crippen molar-refractivity contribution in [2.45, 2.75) is 192 Å². The second kappa shape index (κ2) is 20.2. The molecule has 2 bridgehead atoms. The van der Waals surface area contributed by atoms with Gasteiger partial charge in [-0.1, -0.05) is 32.9 Å². The van der Waals surface area contributed by atoms with Crippen LogP contribution < -0.4 is 10.1 Å². The van der Waals surface area contributed by atoms with Crippen LogP contribution in [0.4, 0.5) is 9.59 Å². The Labute approximate surface area is 383 Å². The minimum atomic E-state index is -1.39. The number of esters is 1. The summed E-state index contributed by atoms with van der Waals surface area (Å²) in [5.41, 5.74) is -2.76. The summed E-state index contributed by atoms with van der Waals surface area (Å²) in [6, 6.07) is 6.39. The van der Waals surface area contributed by atoms with E-state index in [2.05, 4.69) is 5.32 Å². The van der Waals surface area contributed by atoms with Gasteiger partial charge in [0.15, 0.2) is 36.3 Å². The molecule has 1 amide bonds. The highest BCUT2D eigenvalue weighted by molar-refractivity contribution is 5.81. The van der Waals surface area contributed by atoms with E-state index >= 15 is 0 Å². The third-order valence-corrected chi connectivity index (χ3v) is 14.2. The molecule has 1 aromatic carbocycles. The van der Waals surface area contributed by atoms with Gasteiger partial charge in [0.05, 0.1) is 37.4 Å². The topological polar surface area (TPSA) is 201 Å². The summed E-state index contributed by atoms with van der Waals surface area (Å²) in [6.45, 7) is 18.6. The molecule has 0 unspecified atom stereocenters. The van der Waals surface area contributed by atoms with E-state index in [1.807, 2.05) is 91.7 Å². The molecule has 0 aromatic heterocycles. The lowest BCUT2D eigenvalue weighted by Gasteiger charge is -2.49. The summed E-state index contributed by atoms with van der Waals surface area (Å²) in [4.78, 5) is 47.7. The number of hydrogen-bond donors (Lipinski definition) is 2. The van der Waals surface area contributed by atoms with E-state index in [0.29, 0.717) is 24.5 Å². The number of nitrogens with zero attached hydrogens (tertiary/aromatic N) is 2. The Hall–Kier alpha value is -3.78. The Morgan fingerprint density at radius 3 is 2.26 bits per heavy atom. The number of rotatable bonds is 11. The molecule has 0 radical (unpaired) electrons. The highest BCUT2D eigenvalue weighted by Crippen LogP contribution is 2.45. The van der Waals surface area contributed by atoms with E-state index in [-0.39, 0.29) is 37.5 Å². The van der Waals surface area contributed by atoms with E-state index in [1.165, 1.54) is 7.11 Å². The number of aliphatic hydroxyl groups excluding tert-OH is 1. The summed E-state index contributed by atoms with van der Waals surface area (Å²) < 4.78 is 68.9. The van der Waals surface area contributed by atoms with Gasteiger partial charge in [-0.05, 0) is 93.1 Å². The zero-order valence-electron chi connectivity index (χ0n) is 40.6. The standard InChI is InChI=1S/C47H73N3O15/c1-15-33-47(10)38(63-44(54)65-47)28(6)49-40-24(2)21-46(9,64-40)37(61-42-35(51)32(50(11)12)20-25(3)57-42)26(4)36(27(5)41(52)59-33)60-34-22-45(8,56-14)39(29(7)58-34)62-43(53)48-23-30-16-18-31(55-13)19-17-30/h16-19,24-29,32-39,42,51H,15,20-23H2,1-14H3,(H,48,53)/t24-,25-,26+,27-,28-,29+,32+,33-,34+,35-,36+,37-,38-,39+,42+,45-,46+,47+/m1/s1. The van der Waals surface area contributed by atoms with Crippen LogP contribution in [0.15, 0.2) is 29.3 Å². The molecular formula is C47H73N3O15. The highest BCUT2D eigenvalue weighted by atomic mass is 16.8. The monoisotopic (exact) mass is 920 g/mol. The minimum absolute atomic E-state index is 0.0946. The first-order valence-corrected chi connectivity index (χ1v) is 23.0. The lowest BCUT2D eigenvalue weighted by Crippen LogP contribution is -2.61. The molecule has 4 saturated heterocycles. The Kier molecular flexibility index (Phi) is 15.7. The Balaban J connectivity index is 1.34. The lowest BCUT2D eigenvalue weighted by molar-refractivity contribution is -0.315. The van der Waals surface area contributed by atoms with Crippen LogP contribution in [0.5, 0.6) is 5.75 Å². The van der Waals surface area contributed by atoms with Crippen LogP contribution in [0, 0.1) is 17.8 Å². The molecule has 5 aliphatic heterocycles. The molecule has 366 valence electrons. The van der Waals surface area contributed by atoms with Crippen LogP contribution in [0.25, 0.3) is 0 Å². The molecule has 0 saturated carbocycles. The normalized spacial score (nSPS) is 42.3. The van der Waals surface area contributed by atoms with Crippen molar-refractivity contribution in [3.63, 3.8) is 0 Å². The third kappa shape index (κ3) is 10.7. The summed E-state index contributed by atoms with van der Waals surface area (Å²) in [5, 5.41) is 14.6. The van der Waals surface area contributed by atoms with E-state index in [1.54, 1.807) is 27.9 Å². The number of hydrogen-bond acceptors (Lipinski definition) is 17. The fraction of sp³-hybridized carbons (Fsp3) is 0.787. The molecule has 18 nitrogen and oxygen atoms in total. The zero-order valence-corrected chi connectivity index (χ0v) is 40.6. The highest BCUT2D eigenvalue weighted by Gasteiger charge is 2.60. The first-order chi connectivity index (χ1) is 30.6. The average Bonchev–Trinajstić information content (AvgIpc) is 3.74.